The van der Waals surface area contributed by atoms with Crippen LogP contribution in [-0.4, -0.2) is 33.1 Å². The molecular weight excluding hydrogens is 536 g/mol. The highest BCUT2D eigenvalue weighted by molar-refractivity contribution is 8.18. The van der Waals surface area contributed by atoms with Gasteiger partial charge < -0.3 is 9.88 Å². The Balaban J connectivity index is 1.38. The number of carbonyl (C=O) groups is 3. The lowest BCUT2D eigenvalue weighted by atomic mass is 10.1. The van der Waals surface area contributed by atoms with Crippen molar-refractivity contribution in [2.24, 2.45) is 0 Å². The molecule has 1 aliphatic heterocycles. The molecule has 0 aliphatic carbocycles. The first-order valence-corrected chi connectivity index (χ1v) is 12.7. The van der Waals surface area contributed by atoms with Crippen LogP contribution in [0.3, 0.4) is 0 Å². The second kappa shape index (κ2) is 10.4. The highest BCUT2D eigenvalue weighted by Crippen LogP contribution is 2.34. The minimum Gasteiger partial charge on any atom is -0.342 e. The van der Waals surface area contributed by atoms with Crippen molar-refractivity contribution in [1.82, 2.24) is 9.47 Å². The summed E-state index contributed by atoms with van der Waals surface area (Å²) in [6.45, 7) is -0.0298. The van der Waals surface area contributed by atoms with Crippen LogP contribution in [0, 0.1) is 5.82 Å². The van der Waals surface area contributed by atoms with Crippen molar-refractivity contribution in [1.29, 1.82) is 0 Å². The van der Waals surface area contributed by atoms with Gasteiger partial charge in [0.1, 0.15) is 12.4 Å². The van der Waals surface area contributed by atoms with Crippen molar-refractivity contribution in [3.63, 3.8) is 0 Å². The molecule has 0 radical (unpaired) electrons. The summed E-state index contributed by atoms with van der Waals surface area (Å²) in [7, 11) is 0. The Morgan fingerprint density at radius 3 is 2.62 bits per heavy atom. The van der Waals surface area contributed by atoms with E-state index in [1.54, 1.807) is 36.4 Å². The Kier molecular flexibility index (Phi) is 7.06. The van der Waals surface area contributed by atoms with E-state index in [1.165, 1.54) is 12.1 Å². The second-order valence-electron chi connectivity index (χ2n) is 8.29. The van der Waals surface area contributed by atoms with Crippen LogP contribution < -0.4 is 5.32 Å². The van der Waals surface area contributed by atoms with Crippen molar-refractivity contribution in [3.8, 4) is 0 Å². The predicted octanol–water partition coefficient (Wildman–Crippen LogP) is 6.81. The number of thioether (sulfide) groups is 1. The van der Waals surface area contributed by atoms with Gasteiger partial charge in [-0.15, -0.1) is 0 Å². The topological polar surface area (TPSA) is 71.4 Å². The Morgan fingerprint density at radius 1 is 1.03 bits per heavy atom. The third-order valence-corrected chi connectivity index (χ3v) is 7.24. The summed E-state index contributed by atoms with van der Waals surface area (Å²) >= 11 is 12.9. The minimum absolute atomic E-state index is 0.211. The highest BCUT2D eigenvalue weighted by atomic mass is 35.5. The fourth-order valence-electron chi connectivity index (χ4n) is 4.04. The first-order chi connectivity index (χ1) is 17.8. The van der Waals surface area contributed by atoms with E-state index in [4.69, 9.17) is 23.2 Å². The standard InChI is InChI=1S/C27H18Cl2FN3O3S/c28-18-4-3-5-20(11-18)31-25(34)15-33-26(35)24(37-27(33)36)10-17-14-32(23-7-2-1-6-21(17)23)13-16-8-9-19(30)12-22(16)29/h1-12,14H,13,15H2,(H,31,34)/b24-10-. The van der Waals surface area contributed by atoms with Crippen LogP contribution in [0.2, 0.25) is 10.0 Å². The Bertz CT molecular complexity index is 1600. The molecule has 3 aromatic carbocycles. The minimum atomic E-state index is -0.547. The van der Waals surface area contributed by atoms with E-state index >= 15 is 0 Å². The molecule has 0 atom stereocenters. The van der Waals surface area contributed by atoms with Gasteiger partial charge in [0.25, 0.3) is 11.1 Å². The first kappa shape index (κ1) is 25.1. The van der Waals surface area contributed by atoms with Crippen LogP contribution in [-0.2, 0) is 16.1 Å². The van der Waals surface area contributed by atoms with Crippen molar-refractivity contribution < 1.29 is 18.8 Å². The zero-order valence-corrected chi connectivity index (χ0v) is 21.4. The van der Waals surface area contributed by atoms with E-state index < -0.39 is 29.4 Å². The molecule has 37 heavy (non-hydrogen) atoms. The first-order valence-electron chi connectivity index (χ1n) is 11.1. The van der Waals surface area contributed by atoms with E-state index in [9.17, 15) is 18.8 Å². The monoisotopic (exact) mass is 553 g/mol. The summed E-state index contributed by atoms with van der Waals surface area (Å²) in [6.07, 6.45) is 3.50. The van der Waals surface area contributed by atoms with Crippen LogP contribution in [0.25, 0.3) is 17.0 Å². The van der Waals surface area contributed by atoms with Crippen molar-refractivity contribution in [3.05, 3.63) is 105 Å². The molecule has 2 heterocycles. The van der Waals surface area contributed by atoms with Crippen LogP contribution >= 0.6 is 35.0 Å². The number of aromatic nitrogens is 1. The molecule has 1 N–H and O–H groups in total. The summed E-state index contributed by atoms with van der Waals surface area (Å²) < 4.78 is 15.4. The molecule has 1 aliphatic rings. The molecule has 10 heteroatoms. The summed E-state index contributed by atoms with van der Waals surface area (Å²) in [6, 6.07) is 18.4. The number of imide groups is 1. The van der Waals surface area contributed by atoms with E-state index in [0.29, 0.717) is 22.3 Å². The molecule has 0 bridgehead atoms. The normalized spacial score (nSPS) is 14.7. The summed E-state index contributed by atoms with van der Waals surface area (Å²) in [5, 5.41) is 3.74. The summed E-state index contributed by atoms with van der Waals surface area (Å²) in [4.78, 5) is 39.2. The maximum Gasteiger partial charge on any atom is 0.294 e. The second-order valence-corrected chi connectivity index (χ2v) is 10.1. The zero-order valence-electron chi connectivity index (χ0n) is 19.1. The SMILES string of the molecule is O=C(CN1C(=O)S/C(=C\c2cn(Cc3ccc(F)cc3Cl)c3ccccc23)C1=O)Nc1cccc(Cl)c1. The van der Waals surface area contributed by atoms with Gasteiger partial charge >= 0.3 is 0 Å². The quantitative estimate of drug-likeness (QED) is 0.266. The fourth-order valence-corrected chi connectivity index (χ4v) is 5.29. The number of hydrogen-bond donors (Lipinski definition) is 1. The number of nitrogens with one attached hydrogen (secondary N) is 1. The predicted molar refractivity (Wildman–Crippen MR) is 145 cm³/mol. The molecule has 5 rings (SSSR count). The van der Waals surface area contributed by atoms with Gasteiger partial charge in [0.2, 0.25) is 5.91 Å². The number of benzene rings is 3. The number of hydrogen-bond acceptors (Lipinski definition) is 4. The fraction of sp³-hybridized carbons (Fsp3) is 0.0741. The van der Waals surface area contributed by atoms with E-state index in [0.717, 1.165) is 38.7 Å². The van der Waals surface area contributed by atoms with Crippen molar-refractivity contribution >= 4 is 74.7 Å². The molecule has 4 aromatic rings. The summed E-state index contributed by atoms with van der Waals surface area (Å²) in [5.74, 6) is -1.47. The molecule has 1 aromatic heterocycles. The Morgan fingerprint density at radius 2 is 1.84 bits per heavy atom. The molecule has 0 saturated carbocycles. The molecule has 186 valence electrons. The van der Waals surface area contributed by atoms with Gasteiger partial charge in [-0.2, -0.15) is 0 Å². The number of halogens is 3. The average Bonchev–Trinajstić information content (AvgIpc) is 3.33. The molecule has 6 nitrogen and oxygen atoms in total. The Hall–Kier alpha value is -3.59. The molecule has 0 unspecified atom stereocenters. The summed E-state index contributed by atoms with van der Waals surface area (Å²) in [5.41, 5.74) is 2.81. The van der Waals surface area contributed by atoms with Gasteiger partial charge in [-0.05, 0) is 59.8 Å². The number of fused-ring (bicyclic) bond motifs is 1. The molecule has 1 saturated heterocycles. The van der Waals surface area contributed by atoms with E-state index in [1.807, 2.05) is 35.0 Å². The van der Waals surface area contributed by atoms with Gasteiger partial charge in [0.15, 0.2) is 0 Å². The zero-order chi connectivity index (χ0) is 26.1. The number of carbonyl (C=O) groups excluding carboxylic acids is 3. The van der Waals surface area contributed by atoms with Crippen LogP contribution in [0.15, 0.2) is 77.8 Å². The highest BCUT2D eigenvalue weighted by Gasteiger charge is 2.36. The number of nitrogens with zero attached hydrogens (tertiary/aromatic N) is 2. The third-order valence-electron chi connectivity index (χ3n) is 5.75. The van der Waals surface area contributed by atoms with Gasteiger partial charge in [-0.3, -0.25) is 19.3 Å². The van der Waals surface area contributed by atoms with E-state index in [2.05, 4.69) is 5.32 Å². The number of rotatable bonds is 6. The average molecular weight is 554 g/mol. The lowest BCUT2D eigenvalue weighted by Gasteiger charge is -2.12. The lowest BCUT2D eigenvalue weighted by Crippen LogP contribution is -2.36. The van der Waals surface area contributed by atoms with Gasteiger partial charge in [0, 0.05) is 44.9 Å². The Labute approximate surface area is 225 Å². The van der Waals surface area contributed by atoms with Gasteiger partial charge in [-0.25, -0.2) is 4.39 Å². The van der Waals surface area contributed by atoms with E-state index in [-0.39, 0.29) is 4.91 Å². The van der Waals surface area contributed by atoms with Crippen molar-refractivity contribution in [2.45, 2.75) is 6.54 Å². The number of para-hydroxylation sites is 1. The van der Waals surface area contributed by atoms with Gasteiger partial charge in [-0.1, -0.05) is 53.5 Å². The van der Waals surface area contributed by atoms with Gasteiger partial charge in [0.05, 0.1) is 4.91 Å². The van der Waals surface area contributed by atoms with Crippen molar-refractivity contribution in [2.75, 3.05) is 11.9 Å². The van der Waals surface area contributed by atoms with Crippen LogP contribution in [0.5, 0.6) is 0 Å². The van der Waals surface area contributed by atoms with Crippen LogP contribution in [0.1, 0.15) is 11.1 Å². The van der Waals surface area contributed by atoms with Crippen LogP contribution in [0.4, 0.5) is 14.9 Å². The number of anilines is 1. The molecule has 0 spiro atoms. The lowest BCUT2D eigenvalue weighted by molar-refractivity contribution is -0.127. The molecule has 1 fully saturated rings. The maximum atomic E-state index is 13.5. The maximum absolute atomic E-state index is 13.5. The molecular formula is C27H18Cl2FN3O3S. The molecule has 3 amide bonds. The third kappa shape index (κ3) is 5.41. The largest absolute Gasteiger partial charge is 0.342 e. The number of amides is 3. The smallest absolute Gasteiger partial charge is 0.294 e.